The number of hydrogen-bond donors (Lipinski definition) is 1. The third-order valence-electron chi connectivity index (χ3n) is 2.90. The Labute approximate surface area is 75.6 Å². The average molecular weight is 171 g/mol. The minimum absolute atomic E-state index is 0.219. The summed E-state index contributed by atoms with van der Waals surface area (Å²) in [4.78, 5) is 2.11. The van der Waals surface area contributed by atoms with Gasteiger partial charge in [0.15, 0.2) is 0 Å². The van der Waals surface area contributed by atoms with Crippen LogP contribution in [0.2, 0.25) is 0 Å². The molecule has 1 saturated heterocycles. The Bertz CT molecular complexity index is 150. The molecule has 1 aliphatic heterocycles. The Balaban J connectivity index is 2.64. The maximum absolute atomic E-state index is 9.64. The maximum atomic E-state index is 9.64. The maximum Gasteiger partial charge on any atom is 0.107 e. The Morgan fingerprint density at radius 2 is 1.83 bits per heavy atom. The van der Waals surface area contributed by atoms with Gasteiger partial charge in [-0.25, -0.2) is 0 Å². The van der Waals surface area contributed by atoms with E-state index in [1.807, 2.05) is 7.05 Å². The highest BCUT2D eigenvalue weighted by molar-refractivity contribution is 4.85. The van der Waals surface area contributed by atoms with Gasteiger partial charge in [-0.2, -0.15) is 0 Å². The molecule has 1 N–H and O–H groups in total. The van der Waals surface area contributed by atoms with Crippen LogP contribution >= 0.6 is 0 Å². The molecule has 2 unspecified atom stereocenters. The average Bonchev–Trinajstić information content (AvgIpc) is 1.92. The number of aliphatic hydroxyl groups excluding tert-OH is 1. The molecule has 1 heterocycles. The molecule has 1 aliphatic rings. The summed E-state index contributed by atoms with van der Waals surface area (Å²) in [5.41, 5.74) is 0.288. The highest BCUT2D eigenvalue weighted by Gasteiger charge is 2.33. The van der Waals surface area contributed by atoms with Gasteiger partial charge in [-0.15, -0.1) is 0 Å². The molecule has 0 amide bonds. The molecule has 12 heavy (non-hydrogen) atoms. The van der Waals surface area contributed by atoms with Crippen molar-refractivity contribution in [3.63, 3.8) is 0 Å². The van der Waals surface area contributed by atoms with Crippen molar-refractivity contribution in [2.75, 3.05) is 7.05 Å². The van der Waals surface area contributed by atoms with Gasteiger partial charge in [0, 0.05) is 6.04 Å². The van der Waals surface area contributed by atoms with Crippen molar-refractivity contribution in [1.29, 1.82) is 0 Å². The van der Waals surface area contributed by atoms with Gasteiger partial charge >= 0.3 is 0 Å². The molecule has 0 saturated carbocycles. The van der Waals surface area contributed by atoms with Crippen LogP contribution in [0.15, 0.2) is 0 Å². The predicted octanol–water partition coefficient (Wildman–Crippen LogP) is 1.84. The Hall–Kier alpha value is -0.0800. The van der Waals surface area contributed by atoms with Crippen LogP contribution in [0.1, 0.15) is 40.0 Å². The first-order chi connectivity index (χ1) is 5.43. The highest BCUT2D eigenvalue weighted by Crippen LogP contribution is 2.32. The van der Waals surface area contributed by atoms with Crippen molar-refractivity contribution in [1.82, 2.24) is 4.90 Å². The summed E-state index contributed by atoms with van der Waals surface area (Å²) in [5, 5.41) is 9.64. The van der Waals surface area contributed by atoms with E-state index in [1.165, 1.54) is 6.42 Å². The van der Waals surface area contributed by atoms with Crippen molar-refractivity contribution in [2.45, 2.75) is 52.3 Å². The molecule has 2 heteroatoms. The Morgan fingerprint density at radius 1 is 1.25 bits per heavy atom. The number of piperidine rings is 1. The molecular formula is C10H21NO. The van der Waals surface area contributed by atoms with E-state index >= 15 is 0 Å². The lowest BCUT2D eigenvalue weighted by Crippen LogP contribution is -2.49. The van der Waals surface area contributed by atoms with Gasteiger partial charge in [-0.1, -0.05) is 20.8 Å². The Morgan fingerprint density at radius 3 is 2.25 bits per heavy atom. The molecule has 72 valence electrons. The second-order valence-corrected chi connectivity index (χ2v) is 4.96. The second-order valence-electron chi connectivity index (χ2n) is 4.96. The molecule has 1 rings (SSSR count). The predicted molar refractivity (Wildman–Crippen MR) is 50.9 cm³/mol. The summed E-state index contributed by atoms with van der Waals surface area (Å²) < 4.78 is 0. The molecule has 0 aromatic carbocycles. The summed E-state index contributed by atoms with van der Waals surface area (Å²) in [6.07, 6.45) is 3.09. The topological polar surface area (TPSA) is 23.5 Å². The molecule has 0 spiro atoms. The van der Waals surface area contributed by atoms with E-state index in [2.05, 4.69) is 25.7 Å². The summed E-state index contributed by atoms with van der Waals surface area (Å²) in [6.45, 7) is 6.73. The number of hydrogen-bond acceptors (Lipinski definition) is 2. The van der Waals surface area contributed by atoms with E-state index in [1.54, 1.807) is 0 Å². The lowest BCUT2D eigenvalue weighted by molar-refractivity contribution is -0.0685. The second kappa shape index (κ2) is 3.35. The first-order valence-electron chi connectivity index (χ1n) is 4.83. The van der Waals surface area contributed by atoms with Gasteiger partial charge in [-0.05, 0) is 31.7 Å². The van der Waals surface area contributed by atoms with Gasteiger partial charge in [0.05, 0.1) is 0 Å². The van der Waals surface area contributed by atoms with E-state index in [0.29, 0.717) is 6.04 Å². The van der Waals surface area contributed by atoms with E-state index in [4.69, 9.17) is 0 Å². The van der Waals surface area contributed by atoms with Gasteiger partial charge in [0.25, 0.3) is 0 Å². The minimum Gasteiger partial charge on any atom is -0.378 e. The Kier molecular flexibility index (Phi) is 2.79. The zero-order valence-corrected chi connectivity index (χ0v) is 8.67. The van der Waals surface area contributed by atoms with Crippen LogP contribution in [-0.4, -0.2) is 29.3 Å². The first-order valence-corrected chi connectivity index (χ1v) is 4.83. The summed E-state index contributed by atoms with van der Waals surface area (Å²) >= 11 is 0. The van der Waals surface area contributed by atoms with Crippen molar-refractivity contribution >= 4 is 0 Å². The largest absolute Gasteiger partial charge is 0.378 e. The quantitative estimate of drug-likeness (QED) is 0.601. The number of nitrogens with zero attached hydrogens (tertiary/aromatic N) is 1. The van der Waals surface area contributed by atoms with Crippen molar-refractivity contribution in [2.24, 2.45) is 5.41 Å². The molecule has 0 aliphatic carbocycles. The zero-order chi connectivity index (χ0) is 9.35. The molecule has 0 radical (unpaired) electrons. The third kappa shape index (κ3) is 1.99. The van der Waals surface area contributed by atoms with E-state index in [0.717, 1.165) is 12.8 Å². The fourth-order valence-electron chi connectivity index (χ4n) is 2.15. The fourth-order valence-corrected chi connectivity index (χ4v) is 2.15. The molecule has 2 nitrogen and oxygen atoms in total. The van der Waals surface area contributed by atoms with Crippen molar-refractivity contribution < 1.29 is 5.11 Å². The number of likely N-dealkylation sites (tertiary alicyclic amines) is 1. The standard InChI is InChI=1S/C10H21NO/c1-10(2,3)8-6-5-7-9(12)11(8)4/h8-9,12H,5-7H2,1-4H3. The third-order valence-corrected chi connectivity index (χ3v) is 2.90. The molecule has 0 bridgehead atoms. The fraction of sp³-hybridized carbons (Fsp3) is 1.00. The SMILES string of the molecule is CN1C(O)CCCC1C(C)(C)C. The lowest BCUT2D eigenvalue weighted by Gasteiger charge is -2.44. The van der Waals surface area contributed by atoms with Crippen LogP contribution in [-0.2, 0) is 0 Å². The normalized spacial score (nSPS) is 33.8. The number of aliphatic hydroxyl groups is 1. The molecule has 1 fully saturated rings. The van der Waals surface area contributed by atoms with Crippen LogP contribution in [0.3, 0.4) is 0 Å². The molecule has 2 atom stereocenters. The van der Waals surface area contributed by atoms with Gasteiger partial charge in [0.1, 0.15) is 6.23 Å². The van der Waals surface area contributed by atoms with Crippen molar-refractivity contribution in [3.8, 4) is 0 Å². The van der Waals surface area contributed by atoms with E-state index < -0.39 is 0 Å². The van der Waals surface area contributed by atoms with Crippen LogP contribution in [0.25, 0.3) is 0 Å². The van der Waals surface area contributed by atoms with E-state index in [-0.39, 0.29) is 11.6 Å². The smallest absolute Gasteiger partial charge is 0.107 e. The molecular weight excluding hydrogens is 150 g/mol. The van der Waals surface area contributed by atoms with Crippen LogP contribution in [0, 0.1) is 5.41 Å². The monoisotopic (exact) mass is 171 g/mol. The van der Waals surface area contributed by atoms with Crippen LogP contribution in [0.4, 0.5) is 0 Å². The summed E-state index contributed by atoms with van der Waals surface area (Å²) in [5.74, 6) is 0. The first kappa shape index (κ1) is 10.0. The summed E-state index contributed by atoms with van der Waals surface area (Å²) in [6, 6.07) is 0.529. The van der Waals surface area contributed by atoms with E-state index in [9.17, 15) is 5.11 Å². The summed E-state index contributed by atoms with van der Waals surface area (Å²) in [7, 11) is 2.03. The minimum atomic E-state index is -0.219. The number of rotatable bonds is 0. The van der Waals surface area contributed by atoms with Gasteiger partial charge in [0.2, 0.25) is 0 Å². The zero-order valence-electron chi connectivity index (χ0n) is 8.67. The van der Waals surface area contributed by atoms with Gasteiger partial charge < -0.3 is 5.11 Å². The van der Waals surface area contributed by atoms with Crippen LogP contribution in [0.5, 0.6) is 0 Å². The lowest BCUT2D eigenvalue weighted by atomic mass is 9.80. The molecule has 0 aromatic heterocycles. The van der Waals surface area contributed by atoms with Crippen molar-refractivity contribution in [3.05, 3.63) is 0 Å². The highest BCUT2D eigenvalue weighted by atomic mass is 16.3. The molecule has 0 aromatic rings. The van der Waals surface area contributed by atoms with Crippen LogP contribution < -0.4 is 0 Å². The van der Waals surface area contributed by atoms with Gasteiger partial charge in [-0.3, -0.25) is 4.90 Å².